The van der Waals surface area contributed by atoms with Crippen molar-refractivity contribution in [2.24, 2.45) is 0 Å². The molecule has 1 saturated heterocycles. The molecule has 12 nitrogen and oxygen atoms in total. The van der Waals surface area contributed by atoms with Crippen molar-refractivity contribution >= 4 is 45.2 Å². The average Bonchev–Trinajstić information content (AvgIpc) is 3.40. The van der Waals surface area contributed by atoms with Crippen molar-refractivity contribution < 1.29 is 14.7 Å². The van der Waals surface area contributed by atoms with Crippen molar-refractivity contribution in [3.05, 3.63) is 51.6 Å². The standard InChI is InChI=1S/C21H23BrN8O4/c22-14-10-25-20(27-12-3-1-4-13(9-12)30-17(32)11-26-21(30)34)29-18(14)23-7-2-8-24-19(33)15-5-6-16(31)28-15/h1,3-4,9-11,15,32H,2,5-8H2,(H,24,33)(H,26,34)(H,28,31)(H2,23,25,27,29)/t15-/m0/s1. The van der Waals surface area contributed by atoms with Crippen LogP contribution in [0.25, 0.3) is 5.69 Å². The maximum atomic E-state index is 12.0. The molecule has 0 radical (unpaired) electrons. The summed E-state index contributed by atoms with van der Waals surface area (Å²) in [5.41, 5.74) is 0.647. The van der Waals surface area contributed by atoms with Gasteiger partial charge in [0.05, 0.1) is 16.4 Å². The lowest BCUT2D eigenvalue weighted by Crippen LogP contribution is -2.42. The van der Waals surface area contributed by atoms with Gasteiger partial charge in [-0.05, 0) is 47.0 Å². The molecular formula is C21H23BrN8O4. The molecule has 178 valence electrons. The van der Waals surface area contributed by atoms with E-state index in [2.05, 4.69) is 52.1 Å². The second kappa shape index (κ2) is 10.4. The molecule has 6 N–H and O–H groups in total. The van der Waals surface area contributed by atoms with Gasteiger partial charge in [0.25, 0.3) is 0 Å². The number of nitrogens with zero attached hydrogens (tertiary/aromatic N) is 3. The van der Waals surface area contributed by atoms with E-state index in [1.165, 1.54) is 6.20 Å². The summed E-state index contributed by atoms with van der Waals surface area (Å²) in [6, 6.07) is 6.45. The van der Waals surface area contributed by atoms with Gasteiger partial charge in [-0.2, -0.15) is 4.98 Å². The lowest BCUT2D eigenvalue weighted by Gasteiger charge is -2.12. The number of halogens is 1. The van der Waals surface area contributed by atoms with E-state index in [0.717, 1.165) is 4.57 Å². The van der Waals surface area contributed by atoms with Crippen LogP contribution in [0.15, 0.2) is 45.9 Å². The monoisotopic (exact) mass is 530 g/mol. The normalized spacial score (nSPS) is 15.1. The smallest absolute Gasteiger partial charge is 0.333 e. The van der Waals surface area contributed by atoms with E-state index in [4.69, 9.17) is 0 Å². The number of H-pyrrole nitrogens is 1. The van der Waals surface area contributed by atoms with Gasteiger partial charge in [0, 0.05) is 31.4 Å². The molecule has 0 unspecified atom stereocenters. The molecule has 4 rings (SSSR count). The molecule has 1 aromatic carbocycles. The van der Waals surface area contributed by atoms with Gasteiger partial charge in [0.1, 0.15) is 11.9 Å². The van der Waals surface area contributed by atoms with Crippen LogP contribution in [-0.2, 0) is 9.59 Å². The van der Waals surface area contributed by atoms with Crippen LogP contribution in [0.3, 0.4) is 0 Å². The summed E-state index contributed by atoms with van der Waals surface area (Å²) in [6.45, 7) is 1.02. The van der Waals surface area contributed by atoms with Crippen molar-refractivity contribution in [1.29, 1.82) is 0 Å². The Kier molecular flexibility index (Phi) is 7.11. The molecule has 13 heteroatoms. The van der Waals surface area contributed by atoms with Gasteiger partial charge in [-0.3, -0.25) is 9.59 Å². The van der Waals surface area contributed by atoms with E-state index in [1.807, 2.05) is 0 Å². The van der Waals surface area contributed by atoms with Crippen LogP contribution in [-0.4, -0.2) is 55.6 Å². The number of nitrogens with one attached hydrogen (secondary N) is 5. The Balaban J connectivity index is 1.32. The minimum Gasteiger partial charge on any atom is -0.493 e. The van der Waals surface area contributed by atoms with Crippen molar-refractivity contribution in [3.63, 3.8) is 0 Å². The Bertz CT molecular complexity index is 1260. The first-order valence-corrected chi connectivity index (χ1v) is 11.4. The van der Waals surface area contributed by atoms with Gasteiger partial charge in [-0.15, -0.1) is 0 Å². The highest BCUT2D eigenvalue weighted by Crippen LogP contribution is 2.23. The molecule has 3 heterocycles. The number of carbonyl (C=O) groups is 2. The van der Waals surface area contributed by atoms with Gasteiger partial charge < -0.3 is 31.4 Å². The molecule has 0 saturated carbocycles. The predicted molar refractivity (Wildman–Crippen MR) is 128 cm³/mol. The first-order chi connectivity index (χ1) is 16.4. The van der Waals surface area contributed by atoms with Crippen molar-refractivity contribution in [1.82, 2.24) is 30.2 Å². The van der Waals surface area contributed by atoms with Crippen LogP contribution >= 0.6 is 15.9 Å². The Morgan fingerprint density at radius 2 is 2.15 bits per heavy atom. The second-order valence-electron chi connectivity index (χ2n) is 7.58. The van der Waals surface area contributed by atoms with Crippen LogP contribution < -0.4 is 27.0 Å². The van der Waals surface area contributed by atoms with Crippen LogP contribution in [0.2, 0.25) is 0 Å². The maximum absolute atomic E-state index is 12.0. The number of rotatable bonds is 9. The number of benzene rings is 1. The fourth-order valence-electron chi connectivity index (χ4n) is 3.45. The van der Waals surface area contributed by atoms with E-state index in [1.54, 1.807) is 30.5 Å². The third kappa shape index (κ3) is 5.54. The molecule has 34 heavy (non-hydrogen) atoms. The molecule has 0 spiro atoms. The lowest BCUT2D eigenvalue weighted by atomic mass is 10.2. The molecule has 1 fully saturated rings. The zero-order valence-electron chi connectivity index (χ0n) is 18.0. The number of anilines is 3. The number of hydrogen-bond acceptors (Lipinski definition) is 8. The highest BCUT2D eigenvalue weighted by Gasteiger charge is 2.26. The fourth-order valence-corrected chi connectivity index (χ4v) is 3.78. The van der Waals surface area contributed by atoms with Gasteiger partial charge in [0.15, 0.2) is 0 Å². The summed E-state index contributed by atoms with van der Waals surface area (Å²) in [7, 11) is 0. The Labute approximate surface area is 202 Å². The topological polar surface area (TPSA) is 166 Å². The summed E-state index contributed by atoms with van der Waals surface area (Å²) in [6.07, 6.45) is 4.39. The minimum absolute atomic E-state index is 0.0944. The number of amides is 2. The zero-order chi connectivity index (χ0) is 24.1. The van der Waals surface area contributed by atoms with Gasteiger partial charge in [-0.25, -0.2) is 14.3 Å². The molecule has 1 aliphatic heterocycles. The SMILES string of the molecule is O=C1CC[C@@H](C(=O)NCCCNc2nc(Nc3cccc(-n4c(O)c[nH]c4=O)c3)ncc2Br)N1. The first kappa shape index (κ1) is 23.3. The summed E-state index contributed by atoms with van der Waals surface area (Å²) in [5.74, 6) is 0.445. The Morgan fingerprint density at radius 3 is 2.88 bits per heavy atom. The average molecular weight is 531 g/mol. The first-order valence-electron chi connectivity index (χ1n) is 10.6. The molecule has 2 aromatic heterocycles. The van der Waals surface area contributed by atoms with Crippen LogP contribution in [0, 0.1) is 0 Å². The third-order valence-electron chi connectivity index (χ3n) is 5.12. The predicted octanol–water partition coefficient (Wildman–Crippen LogP) is 1.36. The van der Waals surface area contributed by atoms with E-state index >= 15 is 0 Å². The molecule has 2 amide bonds. The summed E-state index contributed by atoms with van der Waals surface area (Å²) >= 11 is 3.42. The Hall–Kier alpha value is -3.87. The highest BCUT2D eigenvalue weighted by molar-refractivity contribution is 9.10. The molecule has 1 aliphatic rings. The summed E-state index contributed by atoms with van der Waals surface area (Å²) < 4.78 is 1.81. The summed E-state index contributed by atoms with van der Waals surface area (Å²) in [4.78, 5) is 46.3. The van der Waals surface area contributed by atoms with Crippen molar-refractivity contribution in [3.8, 4) is 11.6 Å². The molecular weight excluding hydrogens is 508 g/mol. The van der Waals surface area contributed by atoms with E-state index < -0.39 is 11.7 Å². The van der Waals surface area contributed by atoms with Crippen LogP contribution in [0.4, 0.5) is 17.5 Å². The molecule has 0 aliphatic carbocycles. The van der Waals surface area contributed by atoms with Gasteiger partial charge >= 0.3 is 5.69 Å². The molecule has 3 aromatic rings. The third-order valence-corrected chi connectivity index (χ3v) is 5.70. The fraction of sp³-hybridized carbons (Fsp3) is 0.286. The van der Waals surface area contributed by atoms with Crippen molar-refractivity contribution in [2.75, 3.05) is 23.7 Å². The van der Waals surface area contributed by atoms with E-state index in [-0.39, 0.29) is 17.7 Å². The highest BCUT2D eigenvalue weighted by atomic mass is 79.9. The van der Waals surface area contributed by atoms with Crippen LogP contribution in [0.1, 0.15) is 19.3 Å². The number of imidazole rings is 1. The zero-order valence-corrected chi connectivity index (χ0v) is 19.6. The van der Waals surface area contributed by atoms with E-state index in [0.29, 0.717) is 60.0 Å². The molecule has 1 atom stereocenters. The maximum Gasteiger partial charge on any atom is 0.333 e. The minimum atomic E-state index is -0.454. The number of aromatic nitrogens is 4. The quantitative estimate of drug-likeness (QED) is 0.225. The van der Waals surface area contributed by atoms with E-state index in [9.17, 15) is 19.5 Å². The summed E-state index contributed by atoms with van der Waals surface area (Å²) in [5, 5.41) is 21.6. The number of aromatic hydroxyl groups is 1. The number of hydrogen-bond donors (Lipinski definition) is 6. The number of carbonyl (C=O) groups excluding carboxylic acids is 2. The number of aromatic amines is 1. The molecule has 0 bridgehead atoms. The lowest BCUT2D eigenvalue weighted by molar-refractivity contribution is -0.125. The van der Waals surface area contributed by atoms with Crippen molar-refractivity contribution in [2.45, 2.75) is 25.3 Å². The van der Waals surface area contributed by atoms with Gasteiger partial charge in [-0.1, -0.05) is 6.07 Å². The Morgan fingerprint density at radius 1 is 1.29 bits per heavy atom. The van der Waals surface area contributed by atoms with Crippen LogP contribution in [0.5, 0.6) is 5.88 Å². The second-order valence-corrected chi connectivity index (χ2v) is 8.44. The van der Waals surface area contributed by atoms with Gasteiger partial charge in [0.2, 0.25) is 23.6 Å². The largest absolute Gasteiger partial charge is 0.493 e.